The summed E-state index contributed by atoms with van der Waals surface area (Å²) in [5.41, 5.74) is 0.399. The van der Waals surface area contributed by atoms with Gasteiger partial charge < -0.3 is 9.47 Å². The molecule has 0 aliphatic carbocycles. The average molecular weight is 216 g/mol. The monoisotopic (exact) mass is 216 g/mol. The van der Waals surface area contributed by atoms with Crippen LogP contribution in [0, 0.1) is 7.11 Å². The van der Waals surface area contributed by atoms with Crippen LogP contribution in [0.25, 0.3) is 0 Å². The van der Waals surface area contributed by atoms with E-state index >= 15 is 0 Å². The Hall–Kier alpha value is -0.740. The van der Waals surface area contributed by atoms with Crippen molar-refractivity contribution in [3.05, 3.63) is 19.3 Å². The van der Waals surface area contributed by atoms with Gasteiger partial charge in [0.25, 0.3) is 0 Å². The molecule has 0 aliphatic heterocycles. The molecule has 0 fully saturated rings. The van der Waals surface area contributed by atoms with Crippen molar-refractivity contribution in [2.24, 2.45) is 0 Å². The van der Waals surface area contributed by atoms with Crippen LogP contribution in [0.2, 0.25) is 0 Å². The van der Waals surface area contributed by atoms with Gasteiger partial charge in [0.1, 0.15) is 20.4 Å². The summed E-state index contributed by atoms with van der Waals surface area (Å²) >= 11 is 0. The summed E-state index contributed by atoms with van der Waals surface area (Å²) in [6, 6.07) is 0. The van der Waals surface area contributed by atoms with Crippen LogP contribution in [0.3, 0.4) is 0 Å². The molecular formula is C11H17FO3. The number of carbonyl (C=O) groups is 1. The second-order valence-corrected chi connectivity index (χ2v) is 3.47. The summed E-state index contributed by atoms with van der Waals surface area (Å²) in [4.78, 5) is 11.1. The number of Topliss-reactive ketones (excluding diaryl/α,β-unsaturated/α-hetero) is 1. The Labute approximate surface area is 90.3 Å². The molecule has 15 heavy (non-hydrogen) atoms. The molecule has 0 saturated heterocycles. The van der Waals surface area contributed by atoms with Crippen LogP contribution in [-0.4, -0.2) is 31.3 Å². The number of alkyl halides is 1. The number of ether oxygens (including phenoxy) is 2. The van der Waals surface area contributed by atoms with Crippen LogP contribution >= 0.6 is 0 Å². The highest BCUT2D eigenvalue weighted by molar-refractivity contribution is 5.95. The third-order valence-corrected chi connectivity index (χ3v) is 1.93. The molecule has 0 saturated carbocycles. The summed E-state index contributed by atoms with van der Waals surface area (Å²) in [6.45, 7) is 5.93. The summed E-state index contributed by atoms with van der Waals surface area (Å²) in [7, 11) is 4.92. The van der Waals surface area contributed by atoms with Gasteiger partial charge in [0.15, 0.2) is 5.78 Å². The fraction of sp³-hybridized carbons (Fsp3) is 0.636. The predicted octanol–water partition coefficient (Wildman–Crippen LogP) is 1.95. The highest BCUT2D eigenvalue weighted by atomic mass is 19.1. The molecule has 0 bridgehead atoms. The first-order valence-corrected chi connectivity index (χ1v) is 4.73. The molecule has 0 rings (SSSR count). The van der Waals surface area contributed by atoms with Crippen molar-refractivity contribution in [2.75, 3.05) is 13.3 Å². The maximum atomic E-state index is 12.5. The lowest BCUT2D eigenvalue weighted by Gasteiger charge is -2.17. The van der Waals surface area contributed by atoms with E-state index in [-0.39, 0.29) is 18.5 Å². The molecule has 3 nitrogen and oxygen atoms in total. The summed E-state index contributed by atoms with van der Waals surface area (Å²) < 4.78 is 22.0. The Bertz CT molecular complexity index is 216. The van der Waals surface area contributed by atoms with Gasteiger partial charge in [-0.15, -0.1) is 0 Å². The fourth-order valence-corrected chi connectivity index (χ4v) is 0.918. The lowest BCUT2D eigenvalue weighted by atomic mass is 10.2. The first-order valence-electron chi connectivity index (χ1n) is 4.73. The lowest BCUT2D eigenvalue weighted by Crippen LogP contribution is -2.25. The Balaban J connectivity index is 3.90. The lowest BCUT2D eigenvalue weighted by molar-refractivity contribution is -0.122. The van der Waals surface area contributed by atoms with Gasteiger partial charge in [0, 0.05) is 6.42 Å². The minimum absolute atomic E-state index is 0.152. The second kappa shape index (κ2) is 7.54. The van der Waals surface area contributed by atoms with E-state index in [1.165, 1.54) is 0 Å². The molecular weight excluding hydrogens is 199 g/mol. The minimum atomic E-state index is -0.669. The van der Waals surface area contributed by atoms with E-state index in [1.807, 2.05) is 0 Å². The largest absolute Gasteiger partial charge is 0.370 e. The molecule has 0 aromatic heterocycles. The van der Waals surface area contributed by atoms with Crippen LogP contribution in [-0.2, 0) is 14.3 Å². The van der Waals surface area contributed by atoms with Crippen LogP contribution in [0.15, 0.2) is 12.2 Å². The predicted molar refractivity (Wildman–Crippen MR) is 55.0 cm³/mol. The quantitative estimate of drug-likeness (QED) is 0.582. The van der Waals surface area contributed by atoms with Gasteiger partial charge in [-0.25, -0.2) is 4.39 Å². The molecule has 86 valence electrons. The van der Waals surface area contributed by atoms with Gasteiger partial charge >= 0.3 is 0 Å². The molecule has 0 heterocycles. The van der Waals surface area contributed by atoms with Crippen molar-refractivity contribution in [1.29, 1.82) is 0 Å². The Morgan fingerprint density at radius 3 is 2.60 bits per heavy atom. The smallest absolute Gasteiger partial charge is 0.183 e. The topological polar surface area (TPSA) is 35.5 Å². The zero-order chi connectivity index (χ0) is 11.8. The van der Waals surface area contributed by atoms with Crippen molar-refractivity contribution < 1.29 is 18.7 Å². The standard InChI is InChI=1S/C11H17FO3/c1-8(2)11(13)7-15-10(6-12)5-9(3)14-4/h4,9-10H,1,5-7H2,2-3H3. The van der Waals surface area contributed by atoms with Crippen molar-refractivity contribution in [3.8, 4) is 0 Å². The average Bonchev–Trinajstić information content (AvgIpc) is 2.22. The van der Waals surface area contributed by atoms with E-state index in [1.54, 1.807) is 13.8 Å². The Morgan fingerprint density at radius 1 is 1.60 bits per heavy atom. The van der Waals surface area contributed by atoms with E-state index < -0.39 is 12.8 Å². The van der Waals surface area contributed by atoms with Crippen molar-refractivity contribution in [3.63, 3.8) is 0 Å². The maximum Gasteiger partial charge on any atom is 0.183 e. The molecule has 0 aromatic rings. The van der Waals surface area contributed by atoms with Gasteiger partial charge in [0.05, 0.1) is 12.2 Å². The van der Waals surface area contributed by atoms with Gasteiger partial charge in [-0.3, -0.25) is 4.79 Å². The van der Waals surface area contributed by atoms with Crippen molar-refractivity contribution >= 4 is 5.78 Å². The molecule has 2 radical (unpaired) electrons. The Morgan fingerprint density at radius 2 is 2.20 bits per heavy atom. The molecule has 4 heteroatoms. The number of hydrogen-bond donors (Lipinski definition) is 0. The molecule has 0 aliphatic rings. The second-order valence-electron chi connectivity index (χ2n) is 3.47. The third-order valence-electron chi connectivity index (χ3n) is 1.93. The van der Waals surface area contributed by atoms with Gasteiger partial charge in [-0.05, 0) is 19.4 Å². The maximum absolute atomic E-state index is 12.5. The number of ketones is 1. The first kappa shape index (κ1) is 14.3. The van der Waals surface area contributed by atoms with E-state index in [9.17, 15) is 9.18 Å². The van der Waals surface area contributed by atoms with Crippen LogP contribution in [0.4, 0.5) is 4.39 Å². The van der Waals surface area contributed by atoms with Gasteiger partial charge in [-0.1, -0.05) is 6.58 Å². The molecule has 0 spiro atoms. The number of rotatable bonds is 8. The Kier molecular flexibility index (Phi) is 7.17. The summed E-state index contributed by atoms with van der Waals surface area (Å²) in [5.74, 6) is -0.227. The van der Waals surface area contributed by atoms with E-state index in [0.29, 0.717) is 12.0 Å². The molecule has 0 amide bonds. The minimum Gasteiger partial charge on any atom is -0.370 e. The fourth-order valence-electron chi connectivity index (χ4n) is 0.918. The summed E-state index contributed by atoms with van der Waals surface area (Å²) in [5, 5.41) is 0. The van der Waals surface area contributed by atoms with Crippen LogP contribution in [0.1, 0.15) is 20.3 Å². The molecule has 0 N–H and O–H groups in total. The zero-order valence-electron chi connectivity index (χ0n) is 9.16. The van der Waals surface area contributed by atoms with Crippen LogP contribution < -0.4 is 0 Å². The molecule has 2 atom stereocenters. The molecule has 2 unspecified atom stereocenters. The normalized spacial score (nSPS) is 14.7. The van der Waals surface area contributed by atoms with Crippen LogP contribution in [0.5, 0.6) is 0 Å². The van der Waals surface area contributed by atoms with E-state index in [0.717, 1.165) is 0 Å². The number of hydrogen-bond acceptors (Lipinski definition) is 3. The SMILES string of the molecule is [CH]OC(C)CC(CF)OCC(=O)C(=C)C. The number of halogens is 1. The highest BCUT2D eigenvalue weighted by Gasteiger charge is 2.15. The zero-order valence-corrected chi connectivity index (χ0v) is 9.16. The first-order chi connectivity index (χ1) is 7.01. The van der Waals surface area contributed by atoms with Crippen molar-refractivity contribution in [1.82, 2.24) is 0 Å². The van der Waals surface area contributed by atoms with E-state index in [2.05, 4.69) is 11.3 Å². The number of carbonyl (C=O) groups excluding carboxylic acids is 1. The molecule has 0 aromatic carbocycles. The third kappa shape index (κ3) is 6.36. The summed E-state index contributed by atoms with van der Waals surface area (Å²) in [6.07, 6.45) is -0.645. The highest BCUT2D eigenvalue weighted by Crippen LogP contribution is 2.07. The van der Waals surface area contributed by atoms with E-state index in [4.69, 9.17) is 11.8 Å². The van der Waals surface area contributed by atoms with Gasteiger partial charge in [0.2, 0.25) is 0 Å². The van der Waals surface area contributed by atoms with Crippen molar-refractivity contribution in [2.45, 2.75) is 32.5 Å². The van der Waals surface area contributed by atoms with Gasteiger partial charge in [-0.2, -0.15) is 0 Å².